The van der Waals surface area contributed by atoms with Gasteiger partial charge >= 0.3 is 0 Å². The number of fused-ring (bicyclic) bond motifs is 1. The van der Waals surface area contributed by atoms with Crippen LogP contribution < -0.4 is 10.6 Å². The van der Waals surface area contributed by atoms with E-state index in [4.69, 9.17) is 4.98 Å². The smallest absolute Gasteiger partial charge is 0.225 e. The zero-order valence-electron chi connectivity index (χ0n) is 23.4. The third kappa shape index (κ3) is 5.99. The summed E-state index contributed by atoms with van der Waals surface area (Å²) in [4.78, 5) is 31.4. The van der Waals surface area contributed by atoms with E-state index in [9.17, 15) is 18.7 Å². The largest absolute Gasteiger partial charge is 0.393 e. The number of nitrogens with zero attached hydrogens (tertiary/aromatic N) is 6. The number of anilines is 3. The number of hydrogen-bond donors (Lipinski definition) is 3. The quantitative estimate of drug-likeness (QED) is 0.408. The molecule has 2 aliphatic carbocycles. The van der Waals surface area contributed by atoms with Crippen LogP contribution in [0, 0.1) is 17.6 Å². The number of amides is 1. The van der Waals surface area contributed by atoms with Crippen molar-refractivity contribution in [3.05, 3.63) is 36.0 Å². The van der Waals surface area contributed by atoms with Gasteiger partial charge in [0.2, 0.25) is 17.8 Å². The third-order valence-corrected chi connectivity index (χ3v) is 8.89. The Morgan fingerprint density at radius 2 is 1.63 bits per heavy atom. The first-order valence-corrected chi connectivity index (χ1v) is 14.7. The first-order valence-electron chi connectivity index (χ1n) is 14.7. The van der Waals surface area contributed by atoms with Gasteiger partial charge in [-0.25, -0.2) is 18.7 Å². The number of benzene rings is 1. The van der Waals surface area contributed by atoms with Gasteiger partial charge in [-0.15, -0.1) is 0 Å². The highest BCUT2D eigenvalue weighted by molar-refractivity contribution is 5.79. The van der Waals surface area contributed by atoms with Crippen molar-refractivity contribution < 1.29 is 18.7 Å². The van der Waals surface area contributed by atoms with Crippen molar-refractivity contribution in [1.29, 1.82) is 0 Å². The lowest BCUT2D eigenvalue weighted by molar-refractivity contribution is -0.138. The van der Waals surface area contributed by atoms with Crippen LogP contribution in [-0.2, 0) is 4.79 Å². The van der Waals surface area contributed by atoms with Crippen LogP contribution in [0.2, 0.25) is 0 Å². The maximum Gasteiger partial charge on any atom is 0.225 e. The van der Waals surface area contributed by atoms with Gasteiger partial charge in [-0.3, -0.25) is 9.36 Å². The number of imidazole rings is 1. The molecule has 1 amide bonds. The number of nitrogens with one attached hydrogen (secondary N) is 2. The van der Waals surface area contributed by atoms with E-state index in [2.05, 4.69) is 32.5 Å². The minimum Gasteiger partial charge on any atom is -0.393 e. The van der Waals surface area contributed by atoms with Crippen LogP contribution in [0.25, 0.3) is 11.2 Å². The molecule has 3 fully saturated rings. The zero-order valence-corrected chi connectivity index (χ0v) is 23.4. The summed E-state index contributed by atoms with van der Waals surface area (Å²) < 4.78 is 31.2. The van der Waals surface area contributed by atoms with Gasteiger partial charge in [0.25, 0.3) is 0 Å². The van der Waals surface area contributed by atoms with Gasteiger partial charge in [0, 0.05) is 44.2 Å². The highest BCUT2D eigenvalue weighted by Gasteiger charge is 2.33. The fourth-order valence-electron chi connectivity index (χ4n) is 6.39. The summed E-state index contributed by atoms with van der Waals surface area (Å²) in [6, 6.07) is 3.84. The molecule has 3 aliphatic rings. The molecule has 41 heavy (non-hydrogen) atoms. The fraction of sp³-hybridized carbons (Fsp3) is 0.586. The molecule has 3 heterocycles. The number of rotatable bonds is 6. The number of piperazine rings is 1. The van der Waals surface area contributed by atoms with Crippen LogP contribution in [0.15, 0.2) is 24.4 Å². The van der Waals surface area contributed by atoms with E-state index < -0.39 is 11.6 Å². The Balaban J connectivity index is 1.26. The molecular weight excluding hydrogens is 530 g/mol. The normalized spacial score (nSPS) is 25.8. The SMILES string of the molecule is CN1CCN(C(=O)[C@H]2CC[C@@H](n3c(Nc4c(F)cccc4F)nc4cnc(N[C@H]5CC[C@H](O)CC5)nc43)CC2)CC1. The monoisotopic (exact) mass is 568 g/mol. The average molecular weight is 569 g/mol. The van der Waals surface area contributed by atoms with Crippen molar-refractivity contribution in [3.63, 3.8) is 0 Å². The molecule has 1 aromatic carbocycles. The predicted octanol–water partition coefficient (Wildman–Crippen LogP) is 4.07. The van der Waals surface area contributed by atoms with Crippen molar-refractivity contribution in [2.24, 2.45) is 5.92 Å². The van der Waals surface area contributed by atoms with Crippen LogP contribution in [0.3, 0.4) is 0 Å². The molecule has 220 valence electrons. The zero-order chi connectivity index (χ0) is 28.5. The highest BCUT2D eigenvalue weighted by atomic mass is 19.1. The molecule has 0 bridgehead atoms. The van der Waals surface area contributed by atoms with Crippen LogP contribution >= 0.6 is 0 Å². The summed E-state index contributed by atoms with van der Waals surface area (Å²) >= 11 is 0. The molecule has 0 spiro atoms. The van der Waals surface area contributed by atoms with Crippen molar-refractivity contribution >= 4 is 34.7 Å². The summed E-state index contributed by atoms with van der Waals surface area (Å²) in [7, 11) is 2.07. The standard InChI is InChI=1S/C29H38F2N8O2/c1-37-13-15-38(16-14-37)27(41)18-5-9-20(10-6-18)39-26-24(34-29(39)35-25-22(30)3-2-4-23(25)31)17-32-28(36-26)33-19-7-11-21(40)12-8-19/h2-4,17-21,40H,5-16H2,1H3,(H,34,35)(H,32,33,36)/t18-,19-,20+,21-. The second-order valence-electron chi connectivity index (χ2n) is 11.7. The Kier molecular flexibility index (Phi) is 8.03. The van der Waals surface area contributed by atoms with E-state index in [1.807, 2.05) is 9.47 Å². The van der Waals surface area contributed by atoms with E-state index >= 15 is 0 Å². The van der Waals surface area contributed by atoms with Crippen LogP contribution in [0.4, 0.5) is 26.4 Å². The number of hydrogen-bond acceptors (Lipinski definition) is 8. The number of aliphatic hydroxyl groups excluding tert-OH is 1. The summed E-state index contributed by atoms with van der Waals surface area (Å²) in [6.45, 7) is 3.30. The number of carbonyl (C=O) groups is 1. The van der Waals surface area contributed by atoms with E-state index in [0.29, 0.717) is 23.1 Å². The summed E-state index contributed by atoms with van der Waals surface area (Å²) in [5, 5.41) is 16.2. The van der Waals surface area contributed by atoms with Crippen LogP contribution in [0.5, 0.6) is 0 Å². The Morgan fingerprint density at radius 1 is 0.951 bits per heavy atom. The molecule has 0 atom stereocenters. The molecule has 10 nitrogen and oxygen atoms in total. The molecule has 3 N–H and O–H groups in total. The average Bonchev–Trinajstić information content (AvgIpc) is 3.33. The van der Waals surface area contributed by atoms with E-state index in [0.717, 1.165) is 77.5 Å². The topological polar surface area (TPSA) is 111 Å². The van der Waals surface area contributed by atoms with Gasteiger partial charge < -0.3 is 25.5 Å². The number of carbonyl (C=O) groups excluding carboxylic acids is 1. The van der Waals surface area contributed by atoms with Gasteiger partial charge in [0.15, 0.2) is 5.65 Å². The van der Waals surface area contributed by atoms with Gasteiger partial charge in [-0.2, -0.15) is 4.98 Å². The lowest BCUT2D eigenvalue weighted by Crippen LogP contribution is -2.49. The Bertz CT molecular complexity index is 1360. The first kappa shape index (κ1) is 27.8. The molecule has 0 unspecified atom stereocenters. The van der Waals surface area contributed by atoms with E-state index in [-0.39, 0.29) is 35.7 Å². The first-order chi connectivity index (χ1) is 19.9. The number of para-hydroxylation sites is 1. The minimum atomic E-state index is -0.710. The lowest BCUT2D eigenvalue weighted by Gasteiger charge is -2.37. The summed E-state index contributed by atoms with van der Waals surface area (Å²) in [5.74, 6) is -0.465. The van der Waals surface area contributed by atoms with Gasteiger partial charge in [0.1, 0.15) is 22.8 Å². The fourth-order valence-corrected chi connectivity index (χ4v) is 6.39. The molecule has 3 aromatic rings. The molecule has 0 radical (unpaired) electrons. The Hall–Kier alpha value is -3.38. The minimum absolute atomic E-state index is 0.0293. The second kappa shape index (κ2) is 11.8. The molecule has 1 saturated heterocycles. The van der Waals surface area contributed by atoms with E-state index in [1.54, 1.807) is 6.20 Å². The molecular formula is C29H38F2N8O2. The molecule has 12 heteroatoms. The van der Waals surface area contributed by atoms with Gasteiger partial charge in [-0.1, -0.05) is 6.07 Å². The predicted molar refractivity (Wildman–Crippen MR) is 152 cm³/mol. The molecule has 2 saturated carbocycles. The third-order valence-electron chi connectivity index (χ3n) is 8.89. The molecule has 6 rings (SSSR count). The summed E-state index contributed by atoms with van der Waals surface area (Å²) in [6.07, 6.45) is 7.38. The van der Waals surface area contributed by atoms with Crippen molar-refractivity contribution in [3.8, 4) is 0 Å². The highest BCUT2D eigenvalue weighted by Crippen LogP contribution is 2.38. The maximum absolute atomic E-state index is 14.6. The van der Waals surface area contributed by atoms with Crippen LogP contribution in [-0.4, -0.2) is 85.7 Å². The number of halogens is 2. The lowest BCUT2D eigenvalue weighted by atomic mass is 9.85. The van der Waals surface area contributed by atoms with Crippen molar-refractivity contribution in [2.75, 3.05) is 43.9 Å². The maximum atomic E-state index is 14.6. The van der Waals surface area contributed by atoms with Gasteiger partial charge in [-0.05, 0) is 70.5 Å². The number of aromatic nitrogens is 4. The second-order valence-corrected chi connectivity index (χ2v) is 11.7. The Labute approximate surface area is 238 Å². The van der Waals surface area contributed by atoms with Crippen molar-refractivity contribution in [1.82, 2.24) is 29.3 Å². The van der Waals surface area contributed by atoms with E-state index in [1.165, 1.54) is 18.2 Å². The summed E-state index contributed by atoms with van der Waals surface area (Å²) in [5.41, 5.74) is 0.825. The van der Waals surface area contributed by atoms with Crippen molar-refractivity contribution in [2.45, 2.75) is 69.6 Å². The Morgan fingerprint density at radius 3 is 2.32 bits per heavy atom. The molecule has 1 aliphatic heterocycles. The number of aliphatic hydroxyl groups is 1. The van der Waals surface area contributed by atoms with Gasteiger partial charge in [0.05, 0.1) is 12.3 Å². The number of likely N-dealkylation sites (N-methyl/N-ethyl adjacent to an activating group) is 1. The van der Waals surface area contributed by atoms with Crippen LogP contribution in [0.1, 0.15) is 57.4 Å². The molecule has 2 aromatic heterocycles.